The van der Waals surface area contributed by atoms with Gasteiger partial charge in [-0.15, -0.1) is 0 Å². The van der Waals surface area contributed by atoms with Crippen LogP contribution in [0.2, 0.25) is 0 Å². The Morgan fingerprint density at radius 1 is 1.35 bits per heavy atom. The van der Waals surface area contributed by atoms with Gasteiger partial charge in [-0.2, -0.15) is 0 Å². The summed E-state index contributed by atoms with van der Waals surface area (Å²) >= 11 is 0. The average molecular weight is 268 g/mol. The van der Waals surface area contributed by atoms with Crippen molar-refractivity contribution < 1.29 is 4.79 Å². The Morgan fingerprint density at radius 3 is 2.75 bits per heavy atom. The summed E-state index contributed by atoms with van der Waals surface area (Å²) in [6.07, 6.45) is 1.58. The first-order valence-corrected chi connectivity index (χ1v) is 6.06. The molecule has 0 amide bonds. The number of carbonyl (C=O) groups excluding carboxylic acids is 1. The monoisotopic (exact) mass is 268 g/mol. The molecule has 5 heteroatoms. The van der Waals surface area contributed by atoms with Gasteiger partial charge < -0.3 is 16.8 Å². The lowest BCUT2D eigenvalue weighted by Crippen LogP contribution is -2.06. The number of hydrogen-bond acceptors (Lipinski definition) is 5. The normalized spacial score (nSPS) is 10.1. The van der Waals surface area contributed by atoms with Crippen LogP contribution in [-0.2, 0) is 0 Å². The number of rotatable bonds is 4. The van der Waals surface area contributed by atoms with Gasteiger partial charge in [-0.05, 0) is 25.1 Å². The summed E-state index contributed by atoms with van der Waals surface area (Å²) in [6, 6.07) is 8.94. The van der Waals surface area contributed by atoms with Crippen LogP contribution in [0.5, 0.6) is 0 Å². The van der Waals surface area contributed by atoms with Crippen LogP contribution in [-0.4, -0.2) is 10.8 Å². The second-order valence-corrected chi connectivity index (χ2v) is 4.41. The van der Waals surface area contributed by atoms with Crippen LogP contribution >= 0.6 is 0 Å². The van der Waals surface area contributed by atoms with Crippen LogP contribution in [0.25, 0.3) is 5.70 Å². The van der Waals surface area contributed by atoms with Gasteiger partial charge in [0.25, 0.3) is 0 Å². The third-order valence-corrected chi connectivity index (χ3v) is 2.85. The molecular weight excluding hydrogens is 252 g/mol. The van der Waals surface area contributed by atoms with E-state index in [0.29, 0.717) is 28.3 Å². The number of ketones is 1. The molecule has 1 aromatic heterocycles. The standard InChI is InChI=1S/C15H16N4O/c1-9(16)14-13(6-7-18-15(14)17)19-12-5-3-4-11(8-12)10(2)20/h3-8H,1,16H2,2H3,(H3,17,18,19). The lowest BCUT2D eigenvalue weighted by molar-refractivity contribution is 0.101. The number of hydrogen-bond donors (Lipinski definition) is 3. The number of anilines is 3. The van der Waals surface area contributed by atoms with Crippen molar-refractivity contribution in [3.63, 3.8) is 0 Å². The predicted molar refractivity (Wildman–Crippen MR) is 81.6 cm³/mol. The van der Waals surface area contributed by atoms with Crippen molar-refractivity contribution in [2.45, 2.75) is 6.92 Å². The third-order valence-electron chi connectivity index (χ3n) is 2.85. The van der Waals surface area contributed by atoms with Gasteiger partial charge in [0.1, 0.15) is 5.82 Å². The number of benzene rings is 1. The highest BCUT2D eigenvalue weighted by Gasteiger charge is 2.09. The highest BCUT2D eigenvalue weighted by Crippen LogP contribution is 2.27. The van der Waals surface area contributed by atoms with Gasteiger partial charge in [-0.3, -0.25) is 4.79 Å². The van der Waals surface area contributed by atoms with Crippen molar-refractivity contribution in [3.8, 4) is 0 Å². The Kier molecular flexibility index (Phi) is 3.70. The van der Waals surface area contributed by atoms with E-state index in [1.54, 1.807) is 30.5 Å². The zero-order valence-corrected chi connectivity index (χ0v) is 11.2. The highest BCUT2D eigenvalue weighted by atomic mass is 16.1. The second-order valence-electron chi connectivity index (χ2n) is 4.41. The summed E-state index contributed by atoms with van der Waals surface area (Å²) in [5, 5.41) is 3.18. The van der Waals surface area contributed by atoms with Gasteiger partial charge in [0, 0.05) is 23.1 Å². The number of nitrogen functional groups attached to an aromatic ring is 1. The molecule has 20 heavy (non-hydrogen) atoms. The number of carbonyl (C=O) groups is 1. The second kappa shape index (κ2) is 5.44. The lowest BCUT2D eigenvalue weighted by Gasteiger charge is -2.13. The molecule has 0 aliphatic carbocycles. The number of aromatic nitrogens is 1. The van der Waals surface area contributed by atoms with Crippen molar-refractivity contribution in [1.29, 1.82) is 0 Å². The fourth-order valence-corrected chi connectivity index (χ4v) is 1.89. The van der Waals surface area contributed by atoms with E-state index in [2.05, 4.69) is 16.9 Å². The van der Waals surface area contributed by atoms with Crippen molar-refractivity contribution in [3.05, 3.63) is 54.2 Å². The quantitative estimate of drug-likeness (QED) is 0.741. The molecule has 0 spiro atoms. The molecule has 0 aliphatic rings. The molecule has 1 aromatic carbocycles. The summed E-state index contributed by atoms with van der Waals surface area (Å²) in [5.41, 5.74) is 14.5. The van der Waals surface area contributed by atoms with E-state index in [1.807, 2.05) is 6.07 Å². The summed E-state index contributed by atoms with van der Waals surface area (Å²) in [5.74, 6) is 0.316. The molecule has 0 atom stereocenters. The van der Waals surface area contributed by atoms with Crippen LogP contribution in [0.1, 0.15) is 22.8 Å². The molecule has 0 unspecified atom stereocenters. The van der Waals surface area contributed by atoms with E-state index >= 15 is 0 Å². The maximum Gasteiger partial charge on any atom is 0.159 e. The molecule has 5 nitrogen and oxygen atoms in total. The molecule has 5 N–H and O–H groups in total. The summed E-state index contributed by atoms with van der Waals surface area (Å²) < 4.78 is 0. The van der Waals surface area contributed by atoms with E-state index < -0.39 is 0 Å². The fourth-order valence-electron chi connectivity index (χ4n) is 1.89. The molecule has 0 bridgehead atoms. The molecule has 0 saturated heterocycles. The minimum Gasteiger partial charge on any atom is -0.399 e. The first kappa shape index (κ1) is 13.6. The Hall–Kier alpha value is -2.82. The Bertz CT molecular complexity index is 679. The minimum atomic E-state index is 0.00588. The molecular formula is C15H16N4O. The topological polar surface area (TPSA) is 94.0 Å². The number of pyridine rings is 1. The van der Waals surface area contributed by atoms with Crippen LogP contribution in [0.4, 0.5) is 17.2 Å². The maximum atomic E-state index is 11.4. The summed E-state index contributed by atoms with van der Waals surface area (Å²) in [4.78, 5) is 15.4. The van der Waals surface area contributed by atoms with Gasteiger partial charge in [-0.1, -0.05) is 18.7 Å². The Labute approximate surface area is 117 Å². The molecule has 102 valence electrons. The molecule has 0 fully saturated rings. The van der Waals surface area contributed by atoms with Crippen molar-refractivity contribution in [1.82, 2.24) is 4.98 Å². The number of Topliss-reactive ketones (excluding diaryl/α,β-unsaturated/α-hetero) is 1. The van der Waals surface area contributed by atoms with Crippen LogP contribution in [0, 0.1) is 0 Å². The van der Waals surface area contributed by atoms with Crippen LogP contribution < -0.4 is 16.8 Å². The van der Waals surface area contributed by atoms with E-state index in [0.717, 1.165) is 5.69 Å². The Morgan fingerprint density at radius 2 is 2.10 bits per heavy atom. The van der Waals surface area contributed by atoms with E-state index in [9.17, 15) is 4.79 Å². The molecule has 0 saturated carbocycles. The van der Waals surface area contributed by atoms with E-state index in [-0.39, 0.29) is 5.78 Å². The molecule has 2 rings (SSSR count). The maximum absolute atomic E-state index is 11.4. The molecule has 1 heterocycles. The van der Waals surface area contributed by atoms with Crippen LogP contribution in [0.3, 0.4) is 0 Å². The number of nitrogens with zero attached hydrogens (tertiary/aromatic N) is 1. The summed E-state index contributed by atoms with van der Waals surface area (Å²) in [6.45, 7) is 5.22. The van der Waals surface area contributed by atoms with Gasteiger partial charge in [-0.25, -0.2) is 4.98 Å². The van der Waals surface area contributed by atoms with E-state index in [1.165, 1.54) is 6.92 Å². The highest BCUT2D eigenvalue weighted by molar-refractivity contribution is 5.95. The van der Waals surface area contributed by atoms with Gasteiger partial charge in [0.15, 0.2) is 5.78 Å². The van der Waals surface area contributed by atoms with Crippen molar-refractivity contribution in [2.24, 2.45) is 5.73 Å². The van der Waals surface area contributed by atoms with Gasteiger partial charge in [0.05, 0.1) is 11.3 Å². The number of nitrogens with two attached hydrogens (primary N) is 2. The predicted octanol–water partition coefficient (Wildman–Crippen LogP) is 2.54. The first-order chi connectivity index (χ1) is 9.49. The molecule has 0 aliphatic heterocycles. The fraction of sp³-hybridized carbons (Fsp3) is 0.0667. The first-order valence-electron chi connectivity index (χ1n) is 6.06. The largest absolute Gasteiger partial charge is 0.399 e. The zero-order valence-electron chi connectivity index (χ0n) is 11.2. The van der Waals surface area contributed by atoms with Gasteiger partial charge in [0.2, 0.25) is 0 Å². The smallest absolute Gasteiger partial charge is 0.159 e. The zero-order chi connectivity index (χ0) is 14.7. The van der Waals surface area contributed by atoms with Crippen LogP contribution in [0.15, 0.2) is 43.1 Å². The third kappa shape index (κ3) is 2.77. The van der Waals surface area contributed by atoms with Crippen molar-refractivity contribution >= 4 is 28.7 Å². The lowest BCUT2D eigenvalue weighted by atomic mass is 10.1. The summed E-state index contributed by atoms with van der Waals surface area (Å²) in [7, 11) is 0. The average Bonchev–Trinajstić information content (AvgIpc) is 2.38. The SMILES string of the molecule is C=C(N)c1c(Nc2cccc(C(C)=O)c2)ccnc1N. The van der Waals surface area contributed by atoms with Crippen molar-refractivity contribution in [2.75, 3.05) is 11.1 Å². The minimum absolute atomic E-state index is 0.00588. The van der Waals surface area contributed by atoms with Gasteiger partial charge >= 0.3 is 0 Å². The molecule has 0 radical (unpaired) electrons. The Balaban J connectivity index is 2.40. The number of nitrogens with one attached hydrogen (secondary N) is 1. The van der Waals surface area contributed by atoms with E-state index in [4.69, 9.17) is 11.5 Å². The molecule has 2 aromatic rings.